The van der Waals surface area contributed by atoms with Crippen molar-refractivity contribution in [3.8, 4) is 0 Å². The molecule has 0 aliphatic rings. The molecule has 0 amide bonds. The van der Waals surface area contributed by atoms with E-state index in [1.54, 1.807) is 13.0 Å². The molecule has 0 aliphatic heterocycles. The second kappa shape index (κ2) is 5.53. The Balaban J connectivity index is 2.46. The Morgan fingerprint density at radius 2 is 2.16 bits per heavy atom. The molecule has 1 aromatic heterocycles. The average molecular weight is 261 g/mol. The van der Waals surface area contributed by atoms with Gasteiger partial charge in [-0.25, -0.2) is 4.39 Å². The molecule has 19 heavy (non-hydrogen) atoms. The van der Waals surface area contributed by atoms with Crippen LogP contribution in [0, 0.1) is 12.7 Å². The fourth-order valence-electron chi connectivity index (χ4n) is 2.36. The minimum atomic E-state index is -0.167. The lowest BCUT2D eigenvalue weighted by molar-refractivity contribution is 0.607. The molecule has 1 aromatic carbocycles. The first kappa shape index (κ1) is 13.7. The fourth-order valence-corrected chi connectivity index (χ4v) is 2.36. The van der Waals surface area contributed by atoms with Gasteiger partial charge in [0.1, 0.15) is 5.82 Å². The molecule has 1 heterocycles. The molecule has 2 aromatic rings. The van der Waals surface area contributed by atoms with Crippen LogP contribution in [0.15, 0.2) is 24.4 Å². The Morgan fingerprint density at radius 1 is 1.42 bits per heavy atom. The van der Waals surface area contributed by atoms with Gasteiger partial charge in [0.25, 0.3) is 0 Å². The molecule has 0 fully saturated rings. The molecule has 1 atom stereocenters. The maximum Gasteiger partial charge on any atom is 0.126 e. The van der Waals surface area contributed by atoms with Gasteiger partial charge in [-0.05, 0) is 37.6 Å². The Labute approximate surface area is 113 Å². The van der Waals surface area contributed by atoms with E-state index in [-0.39, 0.29) is 11.9 Å². The van der Waals surface area contributed by atoms with E-state index in [0.717, 1.165) is 23.2 Å². The summed E-state index contributed by atoms with van der Waals surface area (Å²) < 4.78 is 15.5. The highest BCUT2D eigenvalue weighted by Crippen LogP contribution is 2.25. The lowest BCUT2D eigenvalue weighted by Gasteiger charge is -2.17. The van der Waals surface area contributed by atoms with Crippen LogP contribution in [0.5, 0.6) is 0 Å². The Morgan fingerprint density at radius 3 is 2.74 bits per heavy atom. The first-order chi connectivity index (χ1) is 9.06. The van der Waals surface area contributed by atoms with Gasteiger partial charge < -0.3 is 5.32 Å². The second-order valence-electron chi connectivity index (χ2n) is 4.79. The van der Waals surface area contributed by atoms with Gasteiger partial charge in [0.2, 0.25) is 0 Å². The molecule has 2 rings (SSSR count). The second-order valence-corrected chi connectivity index (χ2v) is 4.79. The quantitative estimate of drug-likeness (QED) is 0.917. The molecule has 0 spiro atoms. The maximum atomic E-state index is 13.7. The topological polar surface area (TPSA) is 29.9 Å². The fraction of sp³-hybridized carbons (Fsp3) is 0.400. The van der Waals surface area contributed by atoms with E-state index in [2.05, 4.69) is 17.3 Å². The zero-order valence-electron chi connectivity index (χ0n) is 11.9. The van der Waals surface area contributed by atoms with E-state index in [1.807, 2.05) is 37.1 Å². The van der Waals surface area contributed by atoms with Crippen LogP contribution in [0.4, 0.5) is 4.39 Å². The van der Waals surface area contributed by atoms with E-state index in [1.165, 1.54) is 0 Å². The number of hydrogen-bond acceptors (Lipinski definition) is 2. The summed E-state index contributed by atoms with van der Waals surface area (Å²) in [5.74, 6) is -0.167. The molecule has 0 aliphatic carbocycles. The van der Waals surface area contributed by atoms with Crippen LogP contribution >= 0.6 is 0 Å². The standard InChI is InChI=1S/C15H20FN3/c1-5-14-12(9-19(4)18-14)15(17-3)11-7-6-10(2)13(16)8-11/h6-9,15,17H,5H2,1-4H3. The summed E-state index contributed by atoms with van der Waals surface area (Å²) in [6, 6.07) is 5.35. The Hall–Kier alpha value is -1.68. The van der Waals surface area contributed by atoms with Gasteiger partial charge in [-0.2, -0.15) is 5.10 Å². The third-order valence-corrected chi connectivity index (χ3v) is 3.40. The summed E-state index contributed by atoms with van der Waals surface area (Å²) in [5.41, 5.74) is 3.74. The van der Waals surface area contributed by atoms with Crippen molar-refractivity contribution < 1.29 is 4.39 Å². The van der Waals surface area contributed by atoms with Gasteiger partial charge in [-0.3, -0.25) is 4.68 Å². The van der Waals surface area contributed by atoms with Crippen LogP contribution in [0.25, 0.3) is 0 Å². The molecule has 0 saturated heterocycles. The SMILES string of the molecule is CCc1nn(C)cc1C(NC)c1ccc(C)c(F)c1. The molecule has 1 unspecified atom stereocenters. The third-order valence-electron chi connectivity index (χ3n) is 3.40. The summed E-state index contributed by atoms with van der Waals surface area (Å²) in [4.78, 5) is 0. The molecule has 0 bridgehead atoms. The molecule has 0 radical (unpaired) electrons. The van der Waals surface area contributed by atoms with Gasteiger partial charge in [-0.15, -0.1) is 0 Å². The molecule has 1 N–H and O–H groups in total. The molecule has 102 valence electrons. The summed E-state index contributed by atoms with van der Waals surface area (Å²) >= 11 is 0. The molecule has 0 saturated carbocycles. The maximum absolute atomic E-state index is 13.7. The van der Waals surface area contributed by atoms with Crippen molar-refractivity contribution in [1.82, 2.24) is 15.1 Å². The van der Waals surface area contributed by atoms with Crippen LogP contribution in [0.3, 0.4) is 0 Å². The zero-order chi connectivity index (χ0) is 14.0. The number of nitrogens with zero attached hydrogens (tertiary/aromatic N) is 2. The zero-order valence-corrected chi connectivity index (χ0v) is 11.9. The first-order valence-electron chi connectivity index (χ1n) is 6.52. The van der Waals surface area contributed by atoms with Crippen molar-refractivity contribution in [1.29, 1.82) is 0 Å². The first-order valence-corrected chi connectivity index (χ1v) is 6.52. The summed E-state index contributed by atoms with van der Waals surface area (Å²) in [6.07, 6.45) is 2.86. The lowest BCUT2D eigenvalue weighted by atomic mass is 9.97. The van der Waals surface area contributed by atoms with Crippen LogP contribution in [0.1, 0.15) is 35.3 Å². The number of nitrogens with one attached hydrogen (secondary N) is 1. The van der Waals surface area contributed by atoms with Gasteiger partial charge in [-0.1, -0.05) is 19.1 Å². The predicted molar refractivity (Wildman–Crippen MR) is 74.6 cm³/mol. The molecule has 4 heteroatoms. The molecular formula is C15H20FN3. The number of hydrogen-bond donors (Lipinski definition) is 1. The number of benzene rings is 1. The van der Waals surface area contributed by atoms with Gasteiger partial charge in [0.15, 0.2) is 0 Å². The number of halogens is 1. The van der Waals surface area contributed by atoms with Crippen molar-refractivity contribution in [2.45, 2.75) is 26.3 Å². The van der Waals surface area contributed by atoms with E-state index in [4.69, 9.17) is 0 Å². The van der Waals surface area contributed by atoms with Crippen molar-refractivity contribution in [3.05, 3.63) is 52.6 Å². The lowest BCUT2D eigenvalue weighted by Crippen LogP contribution is -2.18. The highest BCUT2D eigenvalue weighted by atomic mass is 19.1. The Kier molecular flexibility index (Phi) is 4.00. The highest BCUT2D eigenvalue weighted by Gasteiger charge is 2.18. The summed E-state index contributed by atoms with van der Waals surface area (Å²) in [7, 11) is 3.79. The van der Waals surface area contributed by atoms with Crippen LogP contribution in [0.2, 0.25) is 0 Å². The van der Waals surface area contributed by atoms with Crippen LogP contribution in [-0.2, 0) is 13.5 Å². The largest absolute Gasteiger partial charge is 0.309 e. The van der Waals surface area contributed by atoms with Crippen molar-refractivity contribution in [2.75, 3.05) is 7.05 Å². The van der Waals surface area contributed by atoms with Gasteiger partial charge >= 0.3 is 0 Å². The average Bonchev–Trinajstić information content (AvgIpc) is 2.76. The number of rotatable bonds is 4. The number of aromatic nitrogens is 2. The minimum absolute atomic E-state index is 0.0289. The van der Waals surface area contributed by atoms with Crippen molar-refractivity contribution >= 4 is 0 Å². The van der Waals surface area contributed by atoms with E-state index in [0.29, 0.717) is 5.56 Å². The third kappa shape index (κ3) is 2.68. The smallest absolute Gasteiger partial charge is 0.126 e. The van der Waals surface area contributed by atoms with E-state index < -0.39 is 0 Å². The predicted octanol–water partition coefficient (Wildman–Crippen LogP) is 2.74. The van der Waals surface area contributed by atoms with E-state index in [9.17, 15) is 4.39 Å². The van der Waals surface area contributed by atoms with Crippen molar-refractivity contribution in [3.63, 3.8) is 0 Å². The minimum Gasteiger partial charge on any atom is -0.309 e. The number of aryl methyl sites for hydroxylation is 3. The molecular weight excluding hydrogens is 241 g/mol. The Bertz CT molecular complexity index is 575. The van der Waals surface area contributed by atoms with Crippen LogP contribution < -0.4 is 5.32 Å². The monoisotopic (exact) mass is 261 g/mol. The molecule has 3 nitrogen and oxygen atoms in total. The normalized spacial score (nSPS) is 12.7. The summed E-state index contributed by atoms with van der Waals surface area (Å²) in [6.45, 7) is 3.85. The van der Waals surface area contributed by atoms with E-state index >= 15 is 0 Å². The highest BCUT2D eigenvalue weighted by molar-refractivity contribution is 5.35. The summed E-state index contributed by atoms with van der Waals surface area (Å²) in [5, 5.41) is 7.70. The van der Waals surface area contributed by atoms with Crippen LogP contribution in [-0.4, -0.2) is 16.8 Å². The van der Waals surface area contributed by atoms with Crippen molar-refractivity contribution in [2.24, 2.45) is 7.05 Å². The van der Waals surface area contributed by atoms with Gasteiger partial charge in [0.05, 0.1) is 11.7 Å². The van der Waals surface area contributed by atoms with Gasteiger partial charge in [0, 0.05) is 18.8 Å².